The summed E-state index contributed by atoms with van der Waals surface area (Å²) in [7, 11) is 0. The molecule has 3 heterocycles. The van der Waals surface area contributed by atoms with Crippen LogP contribution in [0.2, 0.25) is 0 Å². The van der Waals surface area contributed by atoms with E-state index < -0.39 is 21.6 Å². The Bertz CT molecular complexity index is 1500. The highest BCUT2D eigenvalue weighted by Gasteiger charge is 2.54. The van der Waals surface area contributed by atoms with Gasteiger partial charge in [0, 0.05) is 21.6 Å². The van der Waals surface area contributed by atoms with Gasteiger partial charge < -0.3 is 14.2 Å². The van der Waals surface area contributed by atoms with E-state index in [1.807, 2.05) is 63.2 Å². The van der Waals surface area contributed by atoms with Crippen molar-refractivity contribution in [3.8, 4) is 5.75 Å². The summed E-state index contributed by atoms with van der Waals surface area (Å²) in [5.41, 5.74) is 2.14. The fraction of sp³-hybridized carbons (Fsp3) is 0.323. The van der Waals surface area contributed by atoms with E-state index in [4.69, 9.17) is 14.2 Å². The summed E-state index contributed by atoms with van der Waals surface area (Å²) in [5.74, 6) is -0.351. The van der Waals surface area contributed by atoms with Crippen molar-refractivity contribution in [1.29, 1.82) is 0 Å². The molecule has 214 valence electrons. The molecule has 1 amide bonds. The van der Waals surface area contributed by atoms with Crippen LogP contribution in [-0.4, -0.2) is 47.3 Å². The van der Waals surface area contributed by atoms with Crippen molar-refractivity contribution in [2.45, 2.75) is 44.2 Å². The highest BCUT2D eigenvalue weighted by atomic mass is 32.2. The summed E-state index contributed by atoms with van der Waals surface area (Å²) in [5, 5.41) is 1.79. The Morgan fingerprint density at radius 1 is 0.878 bits per heavy atom. The molecule has 7 nitrogen and oxygen atoms in total. The quantitative estimate of drug-likeness (QED) is 0.308. The Hall–Kier alpha value is -3.08. The van der Waals surface area contributed by atoms with E-state index in [1.165, 1.54) is 35.3 Å². The van der Waals surface area contributed by atoms with E-state index in [9.17, 15) is 14.4 Å². The van der Waals surface area contributed by atoms with Gasteiger partial charge in [-0.25, -0.2) is 9.59 Å². The van der Waals surface area contributed by atoms with Crippen LogP contribution in [0.3, 0.4) is 0 Å². The molecule has 2 aromatic rings. The molecule has 0 radical (unpaired) electrons. The topological polar surface area (TPSA) is 82.1 Å². The molecule has 0 N–H and O–H groups in total. The minimum absolute atomic E-state index is 0.161. The Labute approximate surface area is 252 Å². The second-order valence-electron chi connectivity index (χ2n) is 9.80. The summed E-state index contributed by atoms with van der Waals surface area (Å²) in [4.78, 5) is 43.7. The van der Waals surface area contributed by atoms with Crippen LogP contribution >= 0.6 is 35.3 Å². The first-order valence-corrected chi connectivity index (χ1v) is 15.9. The van der Waals surface area contributed by atoms with Crippen molar-refractivity contribution < 1.29 is 28.6 Å². The van der Waals surface area contributed by atoms with Crippen molar-refractivity contribution in [2.75, 3.05) is 24.7 Å². The maximum Gasteiger partial charge on any atom is 0.345 e. The van der Waals surface area contributed by atoms with Gasteiger partial charge in [0.15, 0.2) is 0 Å². The highest BCUT2D eigenvalue weighted by Crippen LogP contribution is 2.67. The van der Waals surface area contributed by atoms with E-state index in [0.717, 1.165) is 21.7 Å². The summed E-state index contributed by atoms with van der Waals surface area (Å²) in [6, 6.07) is 14.9. The minimum Gasteiger partial charge on any atom is -0.494 e. The molecule has 3 aliphatic rings. The fourth-order valence-corrected chi connectivity index (χ4v) is 9.48. The third-order valence-corrected chi connectivity index (χ3v) is 11.0. The second kappa shape index (κ2) is 11.7. The van der Waals surface area contributed by atoms with Crippen LogP contribution in [-0.2, 0) is 19.1 Å². The molecule has 5 rings (SSSR count). The van der Waals surface area contributed by atoms with Crippen LogP contribution < -0.4 is 9.64 Å². The molecule has 1 atom stereocenters. The smallest absolute Gasteiger partial charge is 0.345 e. The van der Waals surface area contributed by atoms with Gasteiger partial charge in [0.1, 0.15) is 14.7 Å². The number of thioether (sulfide) groups is 3. The van der Waals surface area contributed by atoms with Crippen LogP contribution in [0.15, 0.2) is 74.7 Å². The van der Waals surface area contributed by atoms with Crippen LogP contribution in [0.1, 0.15) is 50.5 Å². The molecule has 0 saturated carbocycles. The SMILES string of the molecule is CCOC(=O)C1=CC2(SC=C(C(=O)OCC)S2)C2=C(S1)C(C)(C)N(C(=O)c1ccccc1)c1ccc(OCC)cc12. The molecule has 0 saturated heterocycles. The summed E-state index contributed by atoms with van der Waals surface area (Å²) >= 11 is 4.11. The lowest BCUT2D eigenvalue weighted by Gasteiger charge is -2.49. The van der Waals surface area contributed by atoms with E-state index in [0.29, 0.717) is 27.7 Å². The third-order valence-electron chi connectivity index (χ3n) is 6.79. The fourth-order valence-electron chi connectivity index (χ4n) is 5.10. The molecule has 0 aromatic heterocycles. The van der Waals surface area contributed by atoms with E-state index in [1.54, 1.807) is 36.3 Å². The number of hydrogen-bond acceptors (Lipinski definition) is 9. The molecular formula is C31H31NO6S3. The average molecular weight is 610 g/mol. The lowest BCUT2D eigenvalue weighted by molar-refractivity contribution is -0.138. The number of nitrogens with zero attached hydrogens (tertiary/aromatic N) is 1. The van der Waals surface area contributed by atoms with Crippen LogP contribution in [0, 0.1) is 0 Å². The Kier molecular flexibility index (Phi) is 8.36. The van der Waals surface area contributed by atoms with Gasteiger partial charge in [-0.15, -0.1) is 11.8 Å². The van der Waals surface area contributed by atoms with Gasteiger partial charge in [0.25, 0.3) is 5.91 Å². The number of ether oxygens (including phenoxy) is 3. The number of fused-ring (bicyclic) bond motifs is 3. The van der Waals surface area contributed by atoms with Crippen molar-refractivity contribution in [2.24, 2.45) is 0 Å². The van der Waals surface area contributed by atoms with Gasteiger partial charge >= 0.3 is 11.9 Å². The summed E-state index contributed by atoms with van der Waals surface area (Å²) in [6.07, 6.45) is 1.88. The molecule has 2 aromatic carbocycles. The molecular weight excluding hydrogens is 579 g/mol. The molecule has 0 bridgehead atoms. The molecule has 3 aliphatic heterocycles. The zero-order chi connectivity index (χ0) is 29.4. The molecule has 1 unspecified atom stereocenters. The minimum atomic E-state index is -0.872. The van der Waals surface area contributed by atoms with Gasteiger partial charge in [-0.1, -0.05) is 41.7 Å². The Morgan fingerprint density at radius 3 is 2.22 bits per heavy atom. The highest BCUT2D eigenvalue weighted by molar-refractivity contribution is 8.25. The number of hydrogen-bond donors (Lipinski definition) is 0. The Balaban J connectivity index is 1.74. The third kappa shape index (κ3) is 5.21. The number of rotatable bonds is 7. The first kappa shape index (κ1) is 29.4. The standard InChI is InChI=1S/C31H31NO6S3/c1-6-36-20-14-15-22-21(16-20)25-26(30(4,5)32(22)27(33)19-12-10-9-11-13-19)40-23(28(34)37-7-2)17-31(25)39-18-24(41-31)29(35)38-8-3/h9-18H,6-8H2,1-5H3. The largest absolute Gasteiger partial charge is 0.494 e. The van der Waals surface area contributed by atoms with Crippen LogP contribution in [0.4, 0.5) is 5.69 Å². The van der Waals surface area contributed by atoms with Gasteiger partial charge in [0.2, 0.25) is 0 Å². The lowest BCUT2D eigenvalue weighted by Crippen LogP contribution is -2.53. The van der Waals surface area contributed by atoms with Crippen LogP contribution in [0.25, 0.3) is 5.57 Å². The van der Waals surface area contributed by atoms with E-state index in [2.05, 4.69) is 0 Å². The monoisotopic (exact) mass is 609 g/mol. The van der Waals surface area contributed by atoms with E-state index in [-0.39, 0.29) is 19.1 Å². The van der Waals surface area contributed by atoms with Gasteiger partial charge in [-0.3, -0.25) is 9.69 Å². The number of esters is 2. The normalized spacial score (nSPS) is 20.6. The van der Waals surface area contributed by atoms with Gasteiger partial charge in [0.05, 0.1) is 36.0 Å². The average Bonchev–Trinajstić information content (AvgIpc) is 3.38. The number of amides is 1. The van der Waals surface area contributed by atoms with Crippen molar-refractivity contribution in [1.82, 2.24) is 0 Å². The van der Waals surface area contributed by atoms with Crippen molar-refractivity contribution in [3.63, 3.8) is 0 Å². The number of carbonyl (C=O) groups is 3. The first-order chi connectivity index (χ1) is 19.7. The molecule has 1 spiro atoms. The first-order valence-electron chi connectivity index (χ1n) is 13.4. The summed E-state index contributed by atoms with van der Waals surface area (Å²) in [6.45, 7) is 10.4. The number of benzene rings is 2. The molecule has 0 aliphatic carbocycles. The molecule has 0 fully saturated rings. The number of carbonyl (C=O) groups excluding carboxylic acids is 3. The predicted octanol–water partition coefficient (Wildman–Crippen LogP) is 7.01. The van der Waals surface area contributed by atoms with Gasteiger partial charge in [-0.05, 0) is 76.4 Å². The van der Waals surface area contributed by atoms with Gasteiger partial charge in [-0.2, -0.15) is 0 Å². The zero-order valence-electron chi connectivity index (χ0n) is 23.5. The van der Waals surface area contributed by atoms with Crippen molar-refractivity contribution >= 4 is 64.4 Å². The molecule has 41 heavy (non-hydrogen) atoms. The maximum absolute atomic E-state index is 14.2. The maximum atomic E-state index is 14.2. The number of anilines is 1. The summed E-state index contributed by atoms with van der Waals surface area (Å²) < 4.78 is 15.8. The van der Waals surface area contributed by atoms with Crippen molar-refractivity contribution in [3.05, 3.63) is 85.9 Å². The molecule has 10 heteroatoms. The van der Waals surface area contributed by atoms with Crippen LogP contribution in [0.5, 0.6) is 5.75 Å². The predicted molar refractivity (Wildman–Crippen MR) is 167 cm³/mol. The Morgan fingerprint density at radius 2 is 1.56 bits per heavy atom. The zero-order valence-corrected chi connectivity index (χ0v) is 26.0. The lowest BCUT2D eigenvalue weighted by atomic mass is 9.84. The second-order valence-corrected chi connectivity index (χ2v) is 13.5. The van der Waals surface area contributed by atoms with E-state index >= 15 is 0 Å².